The van der Waals surface area contributed by atoms with Gasteiger partial charge in [0.25, 0.3) is 0 Å². The van der Waals surface area contributed by atoms with Crippen LogP contribution in [-0.2, 0) is 10.2 Å². The molecule has 3 nitrogen and oxygen atoms in total. The number of rotatable bonds is 3. The maximum atomic E-state index is 12.1. The largest absolute Gasteiger partial charge is 0.507 e. The molecule has 0 aromatic heterocycles. The standard InChI is InChI=1S/C19H22O3/c1-11-6-12(2)8-15(7-11)19(5,18(21)22)16-9-13(3)17(20)14(4)10-16/h6-10,20H,1-5H3,(H,21,22). The number of hydrogen-bond donors (Lipinski definition) is 2. The minimum Gasteiger partial charge on any atom is -0.507 e. The summed E-state index contributed by atoms with van der Waals surface area (Å²) in [6.45, 7) is 9.22. The zero-order chi connectivity index (χ0) is 16.7. The van der Waals surface area contributed by atoms with E-state index >= 15 is 0 Å². The molecule has 0 aliphatic rings. The number of phenolic OH excluding ortho intramolecular Hbond substituents is 1. The van der Waals surface area contributed by atoms with E-state index in [1.54, 1.807) is 32.9 Å². The van der Waals surface area contributed by atoms with Crippen molar-refractivity contribution in [3.63, 3.8) is 0 Å². The van der Waals surface area contributed by atoms with E-state index < -0.39 is 11.4 Å². The van der Waals surface area contributed by atoms with Gasteiger partial charge < -0.3 is 10.2 Å². The third kappa shape index (κ3) is 2.59. The smallest absolute Gasteiger partial charge is 0.318 e. The molecule has 0 radical (unpaired) electrons. The molecule has 0 aliphatic heterocycles. The molecule has 0 aliphatic carbocycles. The Balaban J connectivity index is 2.75. The fraction of sp³-hybridized carbons (Fsp3) is 0.316. The fourth-order valence-corrected chi connectivity index (χ4v) is 2.92. The third-order valence-corrected chi connectivity index (χ3v) is 4.30. The van der Waals surface area contributed by atoms with Gasteiger partial charge in [0.05, 0.1) is 0 Å². The molecule has 1 atom stereocenters. The van der Waals surface area contributed by atoms with Crippen LogP contribution in [0.5, 0.6) is 5.75 Å². The van der Waals surface area contributed by atoms with Gasteiger partial charge in [-0.1, -0.05) is 41.5 Å². The summed E-state index contributed by atoms with van der Waals surface area (Å²) < 4.78 is 0. The average molecular weight is 298 g/mol. The number of carbonyl (C=O) groups is 1. The van der Waals surface area contributed by atoms with Gasteiger partial charge in [-0.15, -0.1) is 0 Å². The van der Waals surface area contributed by atoms with Crippen LogP contribution in [-0.4, -0.2) is 16.2 Å². The number of aliphatic carboxylic acids is 1. The number of benzene rings is 2. The Bertz CT molecular complexity index is 703. The van der Waals surface area contributed by atoms with Crippen LogP contribution in [0.3, 0.4) is 0 Å². The molecule has 2 aromatic rings. The van der Waals surface area contributed by atoms with E-state index in [1.807, 2.05) is 32.0 Å². The van der Waals surface area contributed by atoms with E-state index in [0.717, 1.165) is 16.7 Å². The van der Waals surface area contributed by atoms with Crippen molar-refractivity contribution in [2.45, 2.75) is 40.0 Å². The van der Waals surface area contributed by atoms with E-state index in [-0.39, 0.29) is 5.75 Å². The van der Waals surface area contributed by atoms with E-state index in [9.17, 15) is 15.0 Å². The summed E-state index contributed by atoms with van der Waals surface area (Å²) in [6.07, 6.45) is 0. The van der Waals surface area contributed by atoms with Crippen molar-refractivity contribution in [3.8, 4) is 5.75 Å². The molecular formula is C19H22O3. The first-order chi connectivity index (χ1) is 10.2. The van der Waals surface area contributed by atoms with Crippen molar-refractivity contribution in [3.05, 3.63) is 63.7 Å². The molecule has 116 valence electrons. The second-order valence-corrected chi connectivity index (χ2v) is 6.27. The zero-order valence-electron chi connectivity index (χ0n) is 13.7. The van der Waals surface area contributed by atoms with Crippen LogP contribution >= 0.6 is 0 Å². The summed E-state index contributed by atoms with van der Waals surface area (Å²) in [5, 5.41) is 19.9. The minimum atomic E-state index is -1.15. The highest BCUT2D eigenvalue weighted by Gasteiger charge is 2.38. The summed E-state index contributed by atoms with van der Waals surface area (Å²) in [4.78, 5) is 12.1. The predicted molar refractivity (Wildman–Crippen MR) is 87.6 cm³/mol. The summed E-state index contributed by atoms with van der Waals surface area (Å²) in [6, 6.07) is 9.37. The van der Waals surface area contributed by atoms with Crippen LogP contribution in [0.4, 0.5) is 0 Å². The van der Waals surface area contributed by atoms with Crippen molar-refractivity contribution in [1.29, 1.82) is 0 Å². The van der Waals surface area contributed by atoms with Crippen LogP contribution in [0.15, 0.2) is 30.3 Å². The molecular weight excluding hydrogens is 276 g/mol. The van der Waals surface area contributed by atoms with Crippen LogP contribution in [0.25, 0.3) is 0 Å². The second-order valence-electron chi connectivity index (χ2n) is 6.27. The van der Waals surface area contributed by atoms with Gasteiger partial charge in [-0.2, -0.15) is 0 Å². The van der Waals surface area contributed by atoms with Gasteiger partial charge in [-0.05, 0) is 56.9 Å². The lowest BCUT2D eigenvalue weighted by molar-refractivity contribution is -0.141. The highest BCUT2D eigenvalue weighted by molar-refractivity contribution is 5.86. The van der Waals surface area contributed by atoms with E-state index in [4.69, 9.17) is 0 Å². The first-order valence-corrected chi connectivity index (χ1v) is 7.29. The molecule has 0 heterocycles. The molecule has 0 amide bonds. The molecule has 2 aromatic carbocycles. The normalized spacial score (nSPS) is 13.7. The number of carboxylic acid groups (broad SMARTS) is 1. The van der Waals surface area contributed by atoms with Gasteiger partial charge in [0.1, 0.15) is 11.2 Å². The van der Waals surface area contributed by atoms with Gasteiger partial charge in [-0.3, -0.25) is 4.79 Å². The molecule has 0 saturated heterocycles. The minimum absolute atomic E-state index is 0.219. The highest BCUT2D eigenvalue weighted by Crippen LogP contribution is 2.36. The third-order valence-electron chi connectivity index (χ3n) is 4.30. The topological polar surface area (TPSA) is 57.5 Å². The van der Waals surface area contributed by atoms with E-state index in [1.165, 1.54) is 0 Å². The van der Waals surface area contributed by atoms with Crippen LogP contribution in [0, 0.1) is 27.7 Å². The van der Waals surface area contributed by atoms with Crippen LogP contribution < -0.4 is 0 Å². The predicted octanol–water partition coefficient (Wildman–Crippen LogP) is 4.02. The zero-order valence-corrected chi connectivity index (χ0v) is 13.7. The Morgan fingerprint density at radius 3 is 1.68 bits per heavy atom. The van der Waals surface area contributed by atoms with Crippen molar-refractivity contribution >= 4 is 5.97 Å². The Kier molecular flexibility index (Phi) is 4.01. The number of aryl methyl sites for hydroxylation is 4. The maximum absolute atomic E-state index is 12.1. The van der Waals surface area contributed by atoms with Gasteiger partial charge in [0, 0.05) is 0 Å². The summed E-state index contributed by atoms with van der Waals surface area (Å²) in [5.74, 6) is -0.682. The van der Waals surface area contributed by atoms with E-state index in [0.29, 0.717) is 16.7 Å². The molecule has 1 unspecified atom stereocenters. The van der Waals surface area contributed by atoms with Gasteiger partial charge in [0.2, 0.25) is 0 Å². The Hall–Kier alpha value is -2.29. The molecule has 2 rings (SSSR count). The Morgan fingerprint density at radius 1 is 0.864 bits per heavy atom. The lowest BCUT2D eigenvalue weighted by Crippen LogP contribution is -2.34. The number of aromatic hydroxyl groups is 1. The van der Waals surface area contributed by atoms with Crippen LogP contribution in [0.1, 0.15) is 40.3 Å². The molecule has 0 fully saturated rings. The van der Waals surface area contributed by atoms with Crippen molar-refractivity contribution < 1.29 is 15.0 Å². The first-order valence-electron chi connectivity index (χ1n) is 7.29. The van der Waals surface area contributed by atoms with E-state index in [2.05, 4.69) is 0 Å². The molecule has 0 bridgehead atoms. The average Bonchev–Trinajstić information content (AvgIpc) is 2.41. The molecule has 0 spiro atoms. The SMILES string of the molecule is Cc1cc(C)cc(C(C)(C(=O)O)c2cc(C)c(O)c(C)c2)c1. The Labute approximate surface area is 131 Å². The van der Waals surface area contributed by atoms with Crippen LogP contribution in [0.2, 0.25) is 0 Å². The summed E-state index contributed by atoms with van der Waals surface area (Å²) in [7, 11) is 0. The number of carboxylic acids is 1. The maximum Gasteiger partial charge on any atom is 0.318 e. The van der Waals surface area contributed by atoms with Gasteiger partial charge >= 0.3 is 5.97 Å². The molecule has 22 heavy (non-hydrogen) atoms. The van der Waals surface area contributed by atoms with Crippen molar-refractivity contribution in [1.82, 2.24) is 0 Å². The van der Waals surface area contributed by atoms with Crippen molar-refractivity contribution in [2.24, 2.45) is 0 Å². The number of hydrogen-bond acceptors (Lipinski definition) is 2. The summed E-state index contributed by atoms with van der Waals surface area (Å²) in [5.41, 5.74) is 3.72. The van der Waals surface area contributed by atoms with Gasteiger partial charge in [0.15, 0.2) is 0 Å². The molecule has 2 N–H and O–H groups in total. The lowest BCUT2D eigenvalue weighted by Gasteiger charge is -2.28. The lowest BCUT2D eigenvalue weighted by atomic mass is 9.74. The van der Waals surface area contributed by atoms with Crippen molar-refractivity contribution in [2.75, 3.05) is 0 Å². The Morgan fingerprint density at radius 2 is 1.27 bits per heavy atom. The molecule has 0 saturated carbocycles. The first kappa shape index (κ1) is 16.1. The summed E-state index contributed by atoms with van der Waals surface area (Å²) >= 11 is 0. The molecule has 3 heteroatoms. The number of phenols is 1. The van der Waals surface area contributed by atoms with Gasteiger partial charge in [-0.25, -0.2) is 0 Å². The fourth-order valence-electron chi connectivity index (χ4n) is 2.92. The monoisotopic (exact) mass is 298 g/mol. The quantitative estimate of drug-likeness (QED) is 0.900. The highest BCUT2D eigenvalue weighted by atomic mass is 16.4. The second kappa shape index (κ2) is 5.48.